The maximum Gasteiger partial charge on any atom is 0.125 e. The molecule has 4 heteroatoms. The number of anilines is 1. The summed E-state index contributed by atoms with van der Waals surface area (Å²) in [6, 6.07) is 7.06. The Kier molecular flexibility index (Phi) is 3.75. The lowest BCUT2D eigenvalue weighted by atomic mass is 10.1. The molecular weight excluding hydrogens is 229 g/mol. The van der Waals surface area contributed by atoms with Crippen LogP contribution in [0, 0.1) is 11.7 Å². The van der Waals surface area contributed by atoms with Gasteiger partial charge in [-0.1, -0.05) is 6.07 Å². The van der Waals surface area contributed by atoms with Crippen molar-refractivity contribution in [2.24, 2.45) is 11.7 Å². The molecule has 0 saturated heterocycles. The van der Waals surface area contributed by atoms with Crippen molar-refractivity contribution < 1.29 is 4.39 Å². The molecule has 1 aromatic rings. The maximum atomic E-state index is 13.3. The Morgan fingerprint density at radius 2 is 2.28 bits per heavy atom. The van der Waals surface area contributed by atoms with E-state index in [1.165, 1.54) is 6.07 Å². The van der Waals surface area contributed by atoms with Crippen molar-refractivity contribution in [3.63, 3.8) is 0 Å². The van der Waals surface area contributed by atoms with Crippen molar-refractivity contribution in [3.05, 3.63) is 42.0 Å². The summed E-state index contributed by atoms with van der Waals surface area (Å²) < 4.78 is 13.3. The normalized spacial score (nSPS) is 18.7. The minimum Gasteiger partial charge on any atom is -0.386 e. The van der Waals surface area contributed by atoms with Gasteiger partial charge in [0.15, 0.2) is 0 Å². The third-order valence-electron chi connectivity index (χ3n) is 3.18. The summed E-state index contributed by atoms with van der Waals surface area (Å²) in [5, 5.41) is 3.11. The standard InChI is InChI=1S/C14H20FN3/c1-10(2)18(9-11-6-14(16)17-8-11)13-5-3-4-12(15)7-13/h3-7,10-11,17H,8-9,16H2,1-2H3/t11-/m0/s1. The zero-order chi connectivity index (χ0) is 13.1. The summed E-state index contributed by atoms with van der Waals surface area (Å²) in [6.45, 7) is 5.92. The second-order valence-electron chi connectivity index (χ2n) is 4.99. The second kappa shape index (κ2) is 5.29. The highest BCUT2D eigenvalue weighted by molar-refractivity contribution is 5.47. The highest BCUT2D eigenvalue weighted by Gasteiger charge is 2.19. The topological polar surface area (TPSA) is 41.3 Å². The van der Waals surface area contributed by atoms with Gasteiger partial charge in [0.05, 0.1) is 5.82 Å². The van der Waals surface area contributed by atoms with E-state index in [2.05, 4.69) is 24.1 Å². The van der Waals surface area contributed by atoms with Crippen LogP contribution in [0.1, 0.15) is 13.8 Å². The van der Waals surface area contributed by atoms with E-state index < -0.39 is 0 Å². The Labute approximate surface area is 107 Å². The number of nitrogens with one attached hydrogen (secondary N) is 1. The number of benzene rings is 1. The van der Waals surface area contributed by atoms with Crippen LogP contribution >= 0.6 is 0 Å². The zero-order valence-corrected chi connectivity index (χ0v) is 10.9. The molecule has 0 amide bonds. The van der Waals surface area contributed by atoms with Gasteiger partial charge in [-0.15, -0.1) is 0 Å². The molecule has 2 rings (SSSR count). The zero-order valence-electron chi connectivity index (χ0n) is 10.9. The van der Waals surface area contributed by atoms with E-state index in [4.69, 9.17) is 5.73 Å². The molecule has 0 saturated carbocycles. The van der Waals surface area contributed by atoms with E-state index in [1.807, 2.05) is 12.1 Å². The van der Waals surface area contributed by atoms with Crippen LogP contribution < -0.4 is 16.0 Å². The van der Waals surface area contributed by atoms with Gasteiger partial charge in [-0.2, -0.15) is 0 Å². The molecule has 3 N–H and O–H groups in total. The summed E-state index contributed by atoms with van der Waals surface area (Å²) in [5.74, 6) is 0.913. The monoisotopic (exact) mass is 249 g/mol. The number of nitrogens with two attached hydrogens (primary N) is 1. The third-order valence-corrected chi connectivity index (χ3v) is 3.18. The summed E-state index contributed by atoms with van der Waals surface area (Å²) in [4.78, 5) is 2.20. The van der Waals surface area contributed by atoms with E-state index in [0.717, 1.165) is 24.6 Å². The summed E-state index contributed by atoms with van der Waals surface area (Å²) in [7, 11) is 0. The molecule has 18 heavy (non-hydrogen) atoms. The van der Waals surface area contributed by atoms with Crippen LogP contribution in [0.4, 0.5) is 10.1 Å². The number of halogens is 1. The molecule has 0 aliphatic carbocycles. The van der Waals surface area contributed by atoms with Gasteiger partial charge in [-0.3, -0.25) is 0 Å². The van der Waals surface area contributed by atoms with Crippen molar-refractivity contribution in [1.82, 2.24) is 5.32 Å². The molecule has 1 aliphatic rings. The van der Waals surface area contributed by atoms with Gasteiger partial charge in [0, 0.05) is 30.7 Å². The number of hydrogen-bond acceptors (Lipinski definition) is 3. The SMILES string of the molecule is CC(C)N(C[C@H]1C=C(N)NC1)c1cccc(F)c1. The Morgan fingerprint density at radius 3 is 2.83 bits per heavy atom. The Bertz CT molecular complexity index is 442. The van der Waals surface area contributed by atoms with Gasteiger partial charge in [-0.25, -0.2) is 4.39 Å². The number of hydrogen-bond donors (Lipinski definition) is 2. The molecule has 0 spiro atoms. The van der Waals surface area contributed by atoms with E-state index in [-0.39, 0.29) is 5.82 Å². The van der Waals surface area contributed by atoms with Crippen LogP contribution in [-0.4, -0.2) is 19.1 Å². The minimum atomic E-state index is -0.197. The van der Waals surface area contributed by atoms with Crippen LogP contribution in [0.3, 0.4) is 0 Å². The average Bonchev–Trinajstić information content (AvgIpc) is 2.71. The first kappa shape index (κ1) is 12.7. The Morgan fingerprint density at radius 1 is 1.50 bits per heavy atom. The Hall–Kier alpha value is -1.71. The first-order valence-corrected chi connectivity index (χ1v) is 6.29. The molecule has 98 valence electrons. The van der Waals surface area contributed by atoms with Crippen LogP contribution in [-0.2, 0) is 0 Å². The fourth-order valence-corrected chi connectivity index (χ4v) is 2.26. The highest BCUT2D eigenvalue weighted by Crippen LogP contribution is 2.21. The quantitative estimate of drug-likeness (QED) is 0.858. The predicted octanol–water partition coefficient (Wildman–Crippen LogP) is 2.06. The molecule has 1 aliphatic heterocycles. The molecule has 1 aromatic carbocycles. The molecule has 0 radical (unpaired) electrons. The van der Waals surface area contributed by atoms with E-state index in [9.17, 15) is 4.39 Å². The molecule has 0 aromatic heterocycles. The molecule has 0 unspecified atom stereocenters. The van der Waals surface area contributed by atoms with Gasteiger partial charge in [-0.05, 0) is 38.1 Å². The molecule has 1 heterocycles. The van der Waals surface area contributed by atoms with E-state index in [0.29, 0.717) is 12.0 Å². The highest BCUT2D eigenvalue weighted by atomic mass is 19.1. The van der Waals surface area contributed by atoms with Crippen molar-refractivity contribution in [3.8, 4) is 0 Å². The lowest BCUT2D eigenvalue weighted by Crippen LogP contribution is -2.36. The first-order chi connectivity index (χ1) is 8.56. The van der Waals surface area contributed by atoms with Gasteiger partial charge < -0.3 is 16.0 Å². The van der Waals surface area contributed by atoms with E-state index >= 15 is 0 Å². The molecule has 1 atom stereocenters. The summed E-state index contributed by atoms with van der Waals surface area (Å²) >= 11 is 0. The molecular formula is C14H20FN3. The lowest BCUT2D eigenvalue weighted by molar-refractivity contribution is 0.575. The smallest absolute Gasteiger partial charge is 0.125 e. The van der Waals surface area contributed by atoms with Gasteiger partial charge in [0.25, 0.3) is 0 Å². The van der Waals surface area contributed by atoms with Crippen molar-refractivity contribution in [1.29, 1.82) is 0 Å². The van der Waals surface area contributed by atoms with Crippen molar-refractivity contribution >= 4 is 5.69 Å². The number of nitrogens with zero attached hydrogens (tertiary/aromatic N) is 1. The fourth-order valence-electron chi connectivity index (χ4n) is 2.26. The van der Waals surface area contributed by atoms with Crippen LogP contribution in [0.5, 0.6) is 0 Å². The lowest BCUT2D eigenvalue weighted by Gasteiger charge is -2.31. The Balaban J connectivity index is 2.14. The third kappa shape index (κ3) is 2.94. The van der Waals surface area contributed by atoms with Crippen LogP contribution in [0.15, 0.2) is 36.2 Å². The molecule has 0 bridgehead atoms. The largest absolute Gasteiger partial charge is 0.386 e. The minimum absolute atomic E-state index is 0.197. The van der Waals surface area contributed by atoms with Crippen molar-refractivity contribution in [2.45, 2.75) is 19.9 Å². The van der Waals surface area contributed by atoms with Gasteiger partial charge >= 0.3 is 0 Å². The summed E-state index contributed by atoms with van der Waals surface area (Å²) in [6.07, 6.45) is 2.04. The van der Waals surface area contributed by atoms with Gasteiger partial charge in [0.1, 0.15) is 5.82 Å². The van der Waals surface area contributed by atoms with Crippen LogP contribution in [0.25, 0.3) is 0 Å². The maximum absolute atomic E-state index is 13.3. The average molecular weight is 249 g/mol. The second-order valence-corrected chi connectivity index (χ2v) is 4.99. The van der Waals surface area contributed by atoms with Crippen molar-refractivity contribution in [2.75, 3.05) is 18.0 Å². The summed E-state index contributed by atoms with van der Waals surface area (Å²) in [5.41, 5.74) is 6.63. The van der Waals surface area contributed by atoms with Gasteiger partial charge in [0.2, 0.25) is 0 Å². The predicted molar refractivity (Wildman–Crippen MR) is 72.6 cm³/mol. The van der Waals surface area contributed by atoms with E-state index in [1.54, 1.807) is 12.1 Å². The van der Waals surface area contributed by atoms with Crippen LogP contribution in [0.2, 0.25) is 0 Å². The fraction of sp³-hybridized carbons (Fsp3) is 0.429. The first-order valence-electron chi connectivity index (χ1n) is 6.29. The molecule has 0 fully saturated rings. The molecule has 3 nitrogen and oxygen atoms in total. The number of rotatable bonds is 4.